The second-order valence-electron chi connectivity index (χ2n) is 8.13. The summed E-state index contributed by atoms with van der Waals surface area (Å²) in [5.74, 6) is -1.73. The molecule has 0 saturated carbocycles. The number of hydrogen-bond donors (Lipinski definition) is 1. The first-order valence-electron chi connectivity index (χ1n) is 10.4. The molecule has 1 N–H and O–H groups in total. The van der Waals surface area contributed by atoms with Crippen LogP contribution in [0.2, 0.25) is 5.02 Å². The minimum Gasteiger partial charge on any atom is -0.350 e. The van der Waals surface area contributed by atoms with Gasteiger partial charge in [-0.15, -0.1) is 11.3 Å². The Morgan fingerprint density at radius 3 is 2.79 bits per heavy atom. The molecule has 1 saturated heterocycles. The number of aromatic nitrogens is 1. The van der Waals surface area contributed by atoms with Crippen LogP contribution in [0.15, 0.2) is 30.5 Å². The molecule has 1 fully saturated rings. The Labute approximate surface area is 198 Å². The number of thiophene rings is 1. The van der Waals surface area contributed by atoms with Crippen LogP contribution in [0.4, 0.5) is 8.78 Å². The van der Waals surface area contributed by atoms with Crippen LogP contribution in [0.1, 0.15) is 34.1 Å². The Balaban J connectivity index is 1.50. The molecular weight excluding hydrogens is 472 g/mol. The van der Waals surface area contributed by atoms with Gasteiger partial charge in [-0.2, -0.15) is 0 Å². The van der Waals surface area contributed by atoms with Crippen LogP contribution >= 0.6 is 22.9 Å². The number of likely N-dealkylation sites (tertiary alicyclic amines) is 1. The van der Waals surface area contributed by atoms with E-state index in [2.05, 4.69) is 5.32 Å². The predicted octanol–water partition coefficient (Wildman–Crippen LogP) is 4.26. The molecule has 0 spiro atoms. The lowest BCUT2D eigenvalue weighted by Crippen LogP contribution is -2.46. The van der Waals surface area contributed by atoms with Gasteiger partial charge in [0.05, 0.1) is 11.6 Å². The number of rotatable bonds is 6. The number of hydrogen-bond acceptors (Lipinski definition) is 4. The van der Waals surface area contributed by atoms with Crippen LogP contribution in [-0.2, 0) is 22.7 Å². The Kier molecular flexibility index (Phi) is 6.54. The van der Waals surface area contributed by atoms with Gasteiger partial charge in [0.1, 0.15) is 29.4 Å². The quantitative estimate of drug-likeness (QED) is 0.521. The number of nitrogens with one attached hydrogen (secondary N) is 1. The van der Waals surface area contributed by atoms with Crippen molar-refractivity contribution >= 4 is 50.8 Å². The molecule has 1 aliphatic heterocycles. The van der Waals surface area contributed by atoms with E-state index >= 15 is 0 Å². The molecule has 0 unspecified atom stereocenters. The van der Waals surface area contributed by atoms with Crippen LogP contribution in [0.25, 0.3) is 10.2 Å². The summed E-state index contributed by atoms with van der Waals surface area (Å²) in [6, 6.07) is 5.35. The standard InChI is InChI=1S/C23H22ClF2N3O3S/c1-12-6-16-17(13(2)30)10-28(23(16)33-12)11-20(31)29-9-15(25)7-19(29)22(32)27-8-14-4-3-5-18(24)21(14)26/h3-6,10,15,19H,7-9,11H2,1-2H3,(H,27,32)/t15-,19+/m1/s1. The maximum Gasteiger partial charge on any atom is 0.243 e. The van der Waals surface area contributed by atoms with E-state index in [-0.39, 0.29) is 42.4 Å². The molecule has 2 aromatic heterocycles. The zero-order chi connectivity index (χ0) is 23.9. The predicted molar refractivity (Wildman–Crippen MR) is 123 cm³/mol. The number of ketones is 1. The Morgan fingerprint density at radius 2 is 2.06 bits per heavy atom. The normalized spacial score (nSPS) is 18.2. The van der Waals surface area contributed by atoms with Gasteiger partial charge in [0.2, 0.25) is 11.8 Å². The molecule has 33 heavy (non-hydrogen) atoms. The molecule has 4 rings (SSSR count). The molecule has 6 nitrogen and oxygen atoms in total. The van der Waals surface area contributed by atoms with E-state index in [9.17, 15) is 23.2 Å². The fourth-order valence-electron chi connectivity index (χ4n) is 4.12. The summed E-state index contributed by atoms with van der Waals surface area (Å²) < 4.78 is 30.0. The number of carbonyl (C=O) groups excluding carboxylic acids is 3. The lowest BCUT2D eigenvalue weighted by atomic mass is 10.1. The monoisotopic (exact) mass is 493 g/mol. The van der Waals surface area contributed by atoms with Gasteiger partial charge in [-0.1, -0.05) is 23.7 Å². The SMILES string of the molecule is CC(=O)c1cn(CC(=O)N2C[C@H](F)C[C@H]2C(=O)NCc2cccc(Cl)c2F)c2sc(C)cc12. The summed E-state index contributed by atoms with van der Waals surface area (Å²) in [5, 5.41) is 3.30. The highest BCUT2D eigenvalue weighted by molar-refractivity contribution is 7.18. The Bertz CT molecular complexity index is 1260. The highest BCUT2D eigenvalue weighted by Crippen LogP contribution is 2.31. The number of Topliss-reactive ketones (excluding diaryl/α,β-unsaturated/α-hetero) is 1. The van der Waals surface area contributed by atoms with Gasteiger partial charge in [0.15, 0.2) is 5.78 Å². The van der Waals surface area contributed by atoms with Gasteiger partial charge in [-0.3, -0.25) is 14.4 Å². The molecule has 1 aromatic carbocycles. The number of fused-ring (bicyclic) bond motifs is 1. The van der Waals surface area contributed by atoms with Crippen molar-refractivity contribution in [3.8, 4) is 0 Å². The molecule has 10 heteroatoms. The maximum absolute atomic E-state index is 14.2. The van der Waals surface area contributed by atoms with E-state index in [1.54, 1.807) is 16.8 Å². The second kappa shape index (κ2) is 9.23. The van der Waals surface area contributed by atoms with Gasteiger partial charge in [-0.05, 0) is 26.0 Å². The Morgan fingerprint density at radius 1 is 1.30 bits per heavy atom. The summed E-state index contributed by atoms with van der Waals surface area (Å²) in [5.41, 5.74) is 0.716. The number of amides is 2. The smallest absolute Gasteiger partial charge is 0.243 e. The van der Waals surface area contributed by atoms with E-state index < -0.39 is 29.8 Å². The van der Waals surface area contributed by atoms with E-state index in [0.717, 1.165) is 15.1 Å². The highest BCUT2D eigenvalue weighted by Gasteiger charge is 2.39. The van der Waals surface area contributed by atoms with Crippen molar-refractivity contribution in [2.24, 2.45) is 0 Å². The molecule has 3 aromatic rings. The third-order valence-corrected chi connectivity index (χ3v) is 7.09. The fraction of sp³-hybridized carbons (Fsp3) is 0.348. The number of alkyl halides is 1. The summed E-state index contributed by atoms with van der Waals surface area (Å²) >= 11 is 7.23. The lowest BCUT2D eigenvalue weighted by Gasteiger charge is -2.24. The summed E-state index contributed by atoms with van der Waals surface area (Å²) in [6.07, 6.45) is 0.156. The largest absolute Gasteiger partial charge is 0.350 e. The summed E-state index contributed by atoms with van der Waals surface area (Å²) in [7, 11) is 0. The topological polar surface area (TPSA) is 71.4 Å². The third kappa shape index (κ3) is 4.65. The maximum atomic E-state index is 14.2. The van der Waals surface area contributed by atoms with Gasteiger partial charge >= 0.3 is 0 Å². The van der Waals surface area contributed by atoms with Crippen LogP contribution in [0, 0.1) is 12.7 Å². The van der Waals surface area contributed by atoms with E-state index in [1.807, 2.05) is 13.0 Å². The molecular formula is C23H22ClF2N3O3S. The van der Waals surface area contributed by atoms with Gasteiger partial charge in [0, 0.05) is 40.6 Å². The third-order valence-electron chi connectivity index (χ3n) is 5.71. The van der Waals surface area contributed by atoms with Gasteiger partial charge in [-0.25, -0.2) is 8.78 Å². The van der Waals surface area contributed by atoms with Crippen molar-refractivity contribution in [2.45, 2.75) is 45.6 Å². The van der Waals surface area contributed by atoms with E-state index in [0.29, 0.717) is 5.56 Å². The van der Waals surface area contributed by atoms with Crippen LogP contribution in [-0.4, -0.2) is 45.8 Å². The number of benzene rings is 1. The first kappa shape index (κ1) is 23.4. The average Bonchev–Trinajstić information content (AvgIpc) is 3.42. The van der Waals surface area contributed by atoms with Gasteiger partial charge in [0.25, 0.3) is 0 Å². The minimum absolute atomic E-state index is 0.0602. The Hall–Kier alpha value is -2.78. The molecule has 2 atom stereocenters. The van der Waals surface area contributed by atoms with Crippen molar-refractivity contribution in [2.75, 3.05) is 6.54 Å². The van der Waals surface area contributed by atoms with Crippen molar-refractivity contribution < 1.29 is 23.2 Å². The first-order valence-corrected chi connectivity index (χ1v) is 11.6. The summed E-state index contributed by atoms with van der Waals surface area (Å²) in [6.45, 7) is 2.93. The lowest BCUT2D eigenvalue weighted by molar-refractivity contribution is -0.139. The zero-order valence-electron chi connectivity index (χ0n) is 18.0. The van der Waals surface area contributed by atoms with Gasteiger partial charge < -0.3 is 14.8 Å². The average molecular weight is 494 g/mol. The highest BCUT2D eigenvalue weighted by atomic mass is 35.5. The molecule has 0 aliphatic carbocycles. The number of aryl methyl sites for hydroxylation is 1. The second-order valence-corrected chi connectivity index (χ2v) is 9.77. The molecule has 2 amide bonds. The molecule has 0 radical (unpaired) electrons. The molecule has 1 aliphatic rings. The van der Waals surface area contributed by atoms with Crippen molar-refractivity contribution in [1.82, 2.24) is 14.8 Å². The van der Waals surface area contributed by atoms with Crippen molar-refractivity contribution in [3.05, 3.63) is 57.3 Å². The van der Waals surface area contributed by atoms with E-state index in [1.165, 1.54) is 35.3 Å². The number of halogens is 3. The molecule has 3 heterocycles. The van der Waals surface area contributed by atoms with Crippen LogP contribution < -0.4 is 5.32 Å². The number of carbonyl (C=O) groups is 3. The first-order chi connectivity index (χ1) is 15.7. The van der Waals surface area contributed by atoms with Crippen molar-refractivity contribution in [3.63, 3.8) is 0 Å². The van der Waals surface area contributed by atoms with Crippen LogP contribution in [0.5, 0.6) is 0 Å². The molecule has 0 bridgehead atoms. The summed E-state index contributed by atoms with van der Waals surface area (Å²) in [4.78, 5) is 40.8. The van der Waals surface area contributed by atoms with Crippen LogP contribution in [0.3, 0.4) is 0 Å². The minimum atomic E-state index is -1.34. The fourth-order valence-corrected chi connectivity index (χ4v) is 5.31. The zero-order valence-corrected chi connectivity index (χ0v) is 19.6. The van der Waals surface area contributed by atoms with E-state index in [4.69, 9.17) is 11.6 Å². The molecule has 174 valence electrons. The number of nitrogens with zero attached hydrogens (tertiary/aromatic N) is 2. The van der Waals surface area contributed by atoms with Crippen molar-refractivity contribution in [1.29, 1.82) is 0 Å².